The highest BCUT2D eigenvalue weighted by Crippen LogP contribution is 2.09. The van der Waals surface area contributed by atoms with E-state index in [0.717, 1.165) is 30.8 Å². The summed E-state index contributed by atoms with van der Waals surface area (Å²) in [6.45, 7) is 6.46. The summed E-state index contributed by atoms with van der Waals surface area (Å²) in [5.41, 5.74) is 1.93. The van der Waals surface area contributed by atoms with E-state index in [-0.39, 0.29) is 30.0 Å². The molecule has 130 valence electrons. The van der Waals surface area contributed by atoms with Gasteiger partial charge >= 0.3 is 0 Å². The molecule has 0 unspecified atom stereocenters. The van der Waals surface area contributed by atoms with Crippen LogP contribution in [0.3, 0.4) is 0 Å². The number of hydrogen-bond acceptors (Lipinski definition) is 4. The van der Waals surface area contributed by atoms with Gasteiger partial charge in [0, 0.05) is 18.8 Å². The van der Waals surface area contributed by atoms with Gasteiger partial charge in [-0.25, -0.2) is 0 Å². The van der Waals surface area contributed by atoms with Crippen LogP contribution in [0.1, 0.15) is 18.9 Å². The number of hydrogen-bond donors (Lipinski definition) is 3. The number of amides is 2. The molecule has 0 spiro atoms. The molecule has 0 fully saturated rings. The van der Waals surface area contributed by atoms with Crippen molar-refractivity contribution in [1.82, 2.24) is 10.6 Å². The van der Waals surface area contributed by atoms with Gasteiger partial charge in [-0.2, -0.15) is 0 Å². The highest BCUT2D eigenvalue weighted by molar-refractivity contribution is 8.00. The summed E-state index contributed by atoms with van der Waals surface area (Å²) in [5, 5.41) is 8.84. The zero-order valence-corrected chi connectivity index (χ0v) is 15.3. The Hall–Kier alpha value is -1.24. The van der Waals surface area contributed by atoms with Crippen LogP contribution in [0.2, 0.25) is 0 Å². The largest absolute Gasteiger partial charge is 0.354 e. The summed E-state index contributed by atoms with van der Waals surface area (Å²) in [4.78, 5) is 23.3. The van der Waals surface area contributed by atoms with Gasteiger partial charge in [-0.05, 0) is 32.0 Å². The van der Waals surface area contributed by atoms with Crippen molar-refractivity contribution in [3.63, 3.8) is 0 Å². The number of nitrogens with one attached hydrogen (secondary N) is 3. The van der Waals surface area contributed by atoms with Crippen LogP contribution in [0.25, 0.3) is 0 Å². The van der Waals surface area contributed by atoms with Gasteiger partial charge in [0.1, 0.15) is 0 Å². The zero-order valence-electron chi connectivity index (χ0n) is 13.7. The molecule has 0 aromatic heterocycles. The predicted molar refractivity (Wildman–Crippen MR) is 101 cm³/mol. The molecule has 5 nitrogen and oxygen atoms in total. The minimum absolute atomic E-state index is 0. The lowest BCUT2D eigenvalue weighted by atomic mass is 10.2. The SMILES string of the molecule is CCCNCCNC(=O)CSCC(=O)Nc1ccc(C)cc1.Cl. The quantitative estimate of drug-likeness (QED) is 0.560. The molecule has 1 rings (SSSR count). The average molecular weight is 360 g/mol. The number of thioether (sulfide) groups is 1. The average Bonchev–Trinajstić information content (AvgIpc) is 2.49. The van der Waals surface area contributed by atoms with Crippen molar-refractivity contribution in [1.29, 1.82) is 0 Å². The normalized spacial score (nSPS) is 9.83. The standard InChI is InChI=1S/C16H25N3O2S.ClH/c1-3-8-17-9-10-18-15(20)11-22-12-16(21)19-14-6-4-13(2)5-7-14;/h4-7,17H,3,8-12H2,1-2H3,(H,18,20)(H,19,21);1H. The summed E-state index contributed by atoms with van der Waals surface area (Å²) in [6.07, 6.45) is 1.08. The third kappa shape index (κ3) is 11.0. The van der Waals surface area contributed by atoms with Crippen LogP contribution in [0.4, 0.5) is 5.69 Å². The molecule has 1 aromatic rings. The third-order valence-corrected chi connectivity index (χ3v) is 3.78. The lowest BCUT2D eigenvalue weighted by Crippen LogP contribution is -2.33. The molecular formula is C16H26ClN3O2S. The van der Waals surface area contributed by atoms with Gasteiger partial charge in [-0.1, -0.05) is 24.6 Å². The minimum Gasteiger partial charge on any atom is -0.354 e. The maximum Gasteiger partial charge on any atom is 0.234 e. The molecule has 1 aromatic carbocycles. The van der Waals surface area contributed by atoms with Crippen LogP contribution in [0, 0.1) is 6.92 Å². The number of anilines is 1. The van der Waals surface area contributed by atoms with E-state index in [0.29, 0.717) is 12.3 Å². The second kappa shape index (κ2) is 13.2. The van der Waals surface area contributed by atoms with Crippen molar-refractivity contribution >= 4 is 41.7 Å². The molecule has 0 aliphatic carbocycles. The van der Waals surface area contributed by atoms with Gasteiger partial charge in [-0.15, -0.1) is 24.2 Å². The molecule has 0 radical (unpaired) electrons. The Balaban J connectivity index is 0.00000484. The lowest BCUT2D eigenvalue weighted by molar-refractivity contribution is -0.118. The molecule has 0 bridgehead atoms. The zero-order chi connectivity index (χ0) is 16.2. The van der Waals surface area contributed by atoms with Gasteiger partial charge in [0.25, 0.3) is 0 Å². The van der Waals surface area contributed by atoms with E-state index in [1.807, 2.05) is 31.2 Å². The van der Waals surface area contributed by atoms with Crippen molar-refractivity contribution in [3.05, 3.63) is 29.8 Å². The first-order valence-corrected chi connectivity index (χ1v) is 8.69. The fourth-order valence-electron chi connectivity index (χ4n) is 1.71. The van der Waals surface area contributed by atoms with Crippen molar-refractivity contribution in [2.24, 2.45) is 0 Å². The predicted octanol–water partition coefficient (Wildman–Crippen LogP) is 2.20. The number of carbonyl (C=O) groups is 2. The maximum atomic E-state index is 11.7. The maximum absolute atomic E-state index is 11.7. The Kier molecular flexibility index (Phi) is 12.5. The van der Waals surface area contributed by atoms with Crippen molar-refractivity contribution in [2.45, 2.75) is 20.3 Å². The van der Waals surface area contributed by atoms with Gasteiger partial charge in [0.05, 0.1) is 11.5 Å². The summed E-state index contributed by atoms with van der Waals surface area (Å²) >= 11 is 1.32. The first-order valence-electron chi connectivity index (χ1n) is 7.53. The summed E-state index contributed by atoms with van der Waals surface area (Å²) in [7, 11) is 0. The topological polar surface area (TPSA) is 70.2 Å². The third-order valence-electron chi connectivity index (χ3n) is 2.85. The molecule has 0 heterocycles. The fourth-order valence-corrected chi connectivity index (χ4v) is 2.36. The number of benzene rings is 1. The van der Waals surface area contributed by atoms with E-state index in [4.69, 9.17) is 0 Å². The molecule has 0 saturated carbocycles. The Morgan fingerprint density at radius 2 is 1.65 bits per heavy atom. The van der Waals surface area contributed by atoms with Crippen LogP contribution in [-0.4, -0.2) is 43.0 Å². The fraction of sp³-hybridized carbons (Fsp3) is 0.500. The van der Waals surface area contributed by atoms with E-state index in [1.54, 1.807) is 0 Å². The van der Waals surface area contributed by atoms with Crippen molar-refractivity contribution in [3.8, 4) is 0 Å². The van der Waals surface area contributed by atoms with E-state index in [9.17, 15) is 9.59 Å². The van der Waals surface area contributed by atoms with E-state index < -0.39 is 0 Å². The Morgan fingerprint density at radius 1 is 1.00 bits per heavy atom. The number of halogens is 1. The second-order valence-corrected chi connectivity index (χ2v) is 5.99. The van der Waals surface area contributed by atoms with Crippen LogP contribution in [0.15, 0.2) is 24.3 Å². The molecular weight excluding hydrogens is 334 g/mol. The van der Waals surface area contributed by atoms with Gasteiger partial charge in [-0.3, -0.25) is 9.59 Å². The monoisotopic (exact) mass is 359 g/mol. The number of carbonyl (C=O) groups excluding carboxylic acids is 2. The summed E-state index contributed by atoms with van der Waals surface area (Å²) < 4.78 is 0. The molecule has 0 aliphatic heterocycles. The van der Waals surface area contributed by atoms with Crippen molar-refractivity contribution < 1.29 is 9.59 Å². The van der Waals surface area contributed by atoms with E-state index in [2.05, 4.69) is 22.9 Å². The van der Waals surface area contributed by atoms with Crippen molar-refractivity contribution in [2.75, 3.05) is 36.5 Å². The molecule has 2 amide bonds. The number of rotatable bonds is 10. The first-order chi connectivity index (χ1) is 10.6. The smallest absolute Gasteiger partial charge is 0.234 e. The second-order valence-electron chi connectivity index (χ2n) is 5.01. The molecule has 0 aliphatic rings. The molecule has 3 N–H and O–H groups in total. The van der Waals surface area contributed by atoms with Gasteiger partial charge < -0.3 is 16.0 Å². The minimum atomic E-state index is -0.0914. The highest BCUT2D eigenvalue weighted by Gasteiger charge is 2.05. The number of aryl methyl sites for hydroxylation is 1. The van der Waals surface area contributed by atoms with Crippen LogP contribution in [-0.2, 0) is 9.59 Å². The van der Waals surface area contributed by atoms with Gasteiger partial charge in [0.15, 0.2) is 0 Å². The first kappa shape index (κ1) is 21.8. The van der Waals surface area contributed by atoms with Crippen LogP contribution < -0.4 is 16.0 Å². The van der Waals surface area contributed by atoms with E-state index >= 15 is 0 Å². The molecule has 23 heavy (non-hydrogen) atoms. The van der Waals surface area contributed by atoms with Crippen LogP contribution >= 0.6 is 24.2 Å². The Morgan fingerprint density at radius 3 is 2.30 bits per heavy atom. The lowest BCUT2D eigenvalue weighted by Gasteiger charge is -2.07. The summed E-state index contributed by atoms with van der Waals surface area (Å²) in [5.74, 6) is 0.447. The Bertz CT molecular complexity index is 469. The molecule has 7 heteroatoms. The van der Waals surface area contributed by atoms with Crippen LogP contribution in [0.5, 0.6) is 0 Å². The van der Waals surface area contributed by atoms with Gasteiger partial charge in [0.2, 0.25) is 11.8 Å². The summed E-state index contributed by atoms with van der Waals surface area (Å²) in [6, 6.07) is 7.63. The molecule has 0 saturated heterocycles. The Labute approximate surface area is 148 Å². The molecule has 0 atom stereocenters. The van der Waals surface area contributed by atoms with E-state index in [1.165, 1.54) is 11.8 Å². The highest BCUT2D eigenvalue weighted by atomic mass is 35.5.